The number of fused-ring (bicyclic) bond motifs is 6. The Bertz CT molecular complexity index is 964. The highest BCUT2D eigenvalue weighted by Gasteiger charge is 2.53. The van der Waals surface area contributed by atoms with Crippen LogP contribution in [-0.2, 0) is 0 Å². The predicted octanol–water partition coefficient (Wildman–Crippen LogP) is 4.66. The van der Waals surface area contributed by atoms with Crippen LogP contribution in [0.15, 0.2) is 40.2 Å². The minimum absolute atomic E-state index is 0.00101. The standard InChI is InChI=1S/C19H18N2O3S2/c22-19-20-18-17(26-19)13(15-11-5-6-12(9-11)16(15)25-18)8-7-10-3-1-2-4-14(10)21(23)24/h1-4,7-8,11-13,15-16H,5-6,9H2,(H,20,22)/b8-7-/t11-,12-,13-,15+,16+/m0/s1. The van der Waals surface area contributed by atoms with Crippen LogP contribution < -0.4 is 4.87 Å². The average molecular weight is 386 g/mol. The maximum atomic E-state index is 12.0. The molecule has 2 heterocycles. The van der Waals surface area contributed by atoms with Gasteiger partial charge in [0.2, 0.25) is 0 Å². The van der Waals surface area contributed by atoms with Gasteiger partial charge >= 0.3 is 4.87 Å². The molecule has 2 saturated carbocycles. The molecular weight excluding hydrogens is 368 g/mol. The molecule has 1 aliphatic heterocycles. The Kier molecular flexibility index (Phi) is 3.83. The Morgan fingerprint density at radius 2 is 2.04 bits per heavy atom. The molecule has 5 rings (SSSR count). The molecule has 0 spiro atoms. The number of H-pyrrole nitrogens is 1. The molecule has 0 amide bonds. The van der Waals surface area contributed by atoms with Crippen LogP contribution >= 0.6 is 23.1 Å². The topological polar surface area (TPSA) is 76.0 Å². The molecule has 5 nitrogen and oxygen atoms in total. The second-order valence-electron chi connectivity index (χ2n) is 7.40. The van der Waals surface area contributed by atoms with Gasteiger partial charge in [-0.25, -0.2) is 0 Å². The number of aromatic nitrogens is 1. The summed E-state index contributed by atoms with van der Waals surface area (Å²) < 4.78 is 0. The van der Waals surface area contributed by atoms with Gasteiger partial charge in [0.15, 0.2) is 0 Å². The highest BCUT2D eigenvalue weighted by Crippen LogP contribution is 2.62. The van der Waals surface area contributed by atoms with Crippen LogP contribution in [0.4, 0.5) is 5.69 Å². The zero-order chi connectivity index (χ0) is 17.8. The number of thioether (sulfide) groups is 1. The SMILES string of the molecule is O=c1[nH]c2c(s1)[C@@H](/C=C\c1ccccc1[N+](=O)[O-])[C@H]1[C@H]3CC[C@@H](C3)[C@H]1S2. The van der Waals surface area contributed by atoms with Crippen molar-refractivity contribution in [2.75, 3.05) is 0 Å². The van der Waals surface area contributed by atoms with E-state index in [-0.39, 0.29) is 21.4 Å². The zero-order valence-corrected chi connectivity index (χ0v) is 15.6. The number of rotatable bonds is 3. The Hall–Kier alpha value is -1.86. The lowest BCUT2D eigenvalue weighted by Crippen LogP contribution is -2.32. The molecule has 0 unspecified atom stereocenters. The highest BCUT2D eigenvalue weighted by atomic mass is 32.2. The minimum atomic E-state index is -0.336. The number of nitro benzene ring substituents is 1. The van der Waals surface area contributed by atoms with E-state index in [0.717, 1.165) is 15.8 Å². The maximum absolute atomic E-state index is 12.0. The second-order valence-corrected chi connectivity index (χ2v) is 9.60. The lowest BCUT2D eigenvalue weighted by atomic mass is 9.77. The number of benzene rings is 1. The van der Waals surface area contributed by atoms with Crippen LogP contribution in [0.2, 0.25) is 0 Å². The first kappa shape index (κ1) is 16.3. The largest absolute Gasteiger partial charge is 0.307 e. The van der Waals surface area contributed by atoms with E-state index in [1.54, 1.807) is 12.1 Å². The summed E-state index contributed by atoms with van der Waals surface area (Å²) in [5, 5.41) is 12.9. The summed E-state index contributed by atoms with van der Waals surface area (Å²) >= 11 is 3.16. The monoisotopic (exact) mass is 386 g/mol. The van der Waals surface area contributed by atoms with Gasteiger partial charge in [-0.05, 0) is 43.1 Å². The van der Waals surface area contributed by atoms with E-state index in [1.807, 2.05) is 23.9 Å². The van der Waals surface area contributed by atoms with Crippen molar-refractivity contribution in [2.45, 2.75) is 35.5 Å². The number of nitro groups is 1. The van der Waals surface area contributed by atoms with E-state index in [2.05, 4.69) is 11.1 Å². The summed E-state index contributed by atoms with van der Waals surface area (Å²) in [6, 6.07) is 6.83. The number of para-hydroxylation sites is 1. The summed E-state index contributed by atoms with van der Waals surface area (Å²) in [4.78, 5) is 27.0. The number of aromatic amines is 1. The van der Waals surface area contributed by atoms with E-state index < -0.39 is 0 Å². The fraction of sp³-hybridized carbons (Fsp3) is 0.421. The number of hydrogen-bond acceptors (Lipinski definition) is 5. The molecule has 5 atom stereocenters. The zero-order valence-electron chi connectivity index (χ0n) is 14.0. The molecule has 0 radical (unpaired) electrons. The summed E-state index contributed by atoms with van der Waals surface area (Å²) in [7, 11) is 0. The van der Waals surface area contributed by atoms with Gasteiger partial charge in [0, 0.05) is 22.1 Å². The molecule has 7 heteroatoms. The van der Waals surface area contributed by atoms with Crippen molar-refractivity contribution < 1.29 is 4.92 Å². The van der Waals surface area contributed by atoms with E-state index in [9.17, 15) is 14.9 Å². The molecule has 0 saturated heterocycles. The van der Waals surface area contributed by atoms with Crippen LogP contribution in [0.25, 0.3) is 6.08 Å². The van der Waals surface area contributed by atoms with Gasteiger partial charge in [0.05, 0.1) is 15.5 Å². The van der Waals surface area contributed by atoms with E-state index >= 15 is 0 Å². The van der Waals surface area contributed by atoms with Crippen molar-refractivity contribution in [3.63, 3.8) is 0 Å². The van der Waals surface area contributed by atoms with Gasteiger partial charge in [0.1, 0.15) is 0 Å². The maximum Gasteiger partial charge on any atom is 0.305 e. The van der Waals surface area contributed by atoms with Gasteiger partial charge in [-0.15, -0.1) is 11.8 Å². The number of nitrogens with one attached hydrogen (secondary N) is 1. The Labute approximate surface area is 158 Å². The molecule has 1 aromatic heterocycles. The summed E-state index contributed by atoms with van der Waals surface area (Å²) in [6.07, 6.45) is 7.86. The number of nitrogens with zero attached hydrogens (tertiary/aromatic N) is 1. The van der Waals surface area contributed by atoms with Crippen molar-refractivity contribution in [3.05, 3.63) is 60.6 Å². The van der Waals surface area contributed by atoms with Crippen molar-refractivity contribution in [1.82, 2.24) is 4.98 Å². The summed E-state index contributed by atoms with van der Waals surface area (Å²) in [5.41, 5.74) is 0.751. The Balaban J connectivity index is 1.56. The second kappa shape index (κ2) is 6.09. The molecule has 2 bridgehead atoms. The van der Waals surface area contributed by atoms with Crippen LogP contribution in [0.3, 0.4) is 0 Å². The van der Waals surface area contributed by atoms with Crippen LogP contribution in [-0.4, -0.2) is 15.2 Å². The summed E-state index contributed by atoms with van der Waals surface area (Å²) in [6.45, 7) is 0. The molecular formula is C19H18N2O3S2. The van der Waals surface area contributed by atoms with Crippen molar-refractivity contribution >= 4 is 34.9 Å². The first-order valence-corrected chi connectivity index (χ1v) is 10.6. The Morgan fingerprint density at radius 1 is 1.23 bits per heavy atom. The number of allylic oxidation sites excluding steroid dienone is 1. The lowest BCUT2D eigenvalue weighted by Gasteiger charge is -2.38. The molecule has 3 aliphatic rings. The Morgan fingerprint density at radius 3 is 2.88 bits per heavy atom. The lowest BCUT2D eigenvalue weighted by molar-refractivity contribution is -0.385. The van der Waals surface area contributed by atoms with E-state index in [1.165, 1.54) is 36.7 Å². The van der Waals surface area contributed by atoms with Crippen LogP contribution in [0.1, 0.15) is 35.6 Å². The quantitative estimate of drug-likeness (QED) is 0.615. The molecule has 26 heavy (non-hydrogen) atoms. The van der Waals surface area contributed by atoms with Gasteiger partial charge in [-0.1, -0.05) is 35.6 Å². The third-order valence-corrected chi connectivity index (χ3v) is 8.77. The van der Waals surface area contributed by atoms with E-state index in [0.29, 0.717) is 22.6 Å². The highest BCUT2D eigenvalue weighted by molar-refractivity contribution is 8.00. The number of hydrogen-bond donors (Lipinski definition) is 1. The molecule has 134 valence electrons. The molecule has 2 aromatic rings. The van der Waals surface area contributed by atoms with Crippen molar-refractivity contribution in [3.8, 4) is 0 Å². The molecule has 1 N–H and O–H groups in total. The third-order valence-electron chi connectivity index (χ3n) is 6.13. The molecule has 1 aromatic carbocycles. The van der Waals surface area contributed by atoms with Gasteiger partial charge in [-0.3, -0.25) is 14.9 Å². The third kappa shape index (κ3) is 2.48. The van der Waals surface area contributed by atoms with Gasteiger partial charge in [-0.2, -0.15) is 0 Å². The molecule has 2 aliphatic carbocycles. The molecule has 2 fully saturated rings. The number of thiazole rings is 1. The summed E-state index contributed by atoms with van der Waals surface area (Å²) in [5.74, 6) is 2.17. The van der Waals surface area contributed by atoms with Crippen LogP contribution in [0.5, 0.6) is 0 Å². The fourth-order valence-electron chi connectivity index (χ4n) is 5.12. The van der Waals surface area contributed by atoms with Gasteiger partial charge in [0.25, 0.3) is 5.69 Å². The minimum Gasteiger partial charge on any atom is -0.307 e. The van der Waals surface area contributed by atoms with Crippen LogP contribution in [0, 0.1) is 27.9 Å². The fourth-order valence-corrected chi connectivity index (χ4v) is 7.98. The van der Waals surface area contributed by atoms with Crippen molar-refractivity contribution in [1.29, 1.82) is 0 Å². The predicted molar refractivity (Wildman–Crippen MR) is 104 cm³/mol. The normalized spacial score (nSPS) is 31.9. The van der Waals surface area contributed by atoms with E-state index in [4.69, 9.17) is 0 Å². The van der Waals surface area contributed by atoms with Gasteiger partial charge < -0.3 is 4.98 Å². The smallest absolute Gasteiger partial charge is 0.305 e. The first-order chi connectivity index (χ1) is 12.6. The van der Waals surface area contributed by atoms with Crippen molar-refractivity contribution in [2.24, 2.45) is 17.8 Å². The average Bonchev–Trinajstić information content (AvgIpc) is 3.32. The first-order valence-electron chi connectivity index (χ1n) is 8.93.